The van der Waals surface area contributed by atoms with Crippen LogP contribution in [0.1, 0.15) is 23.7 Å². The molecular weight excluding hydrogens is 429 g/mol. The Morgan fingerprint density at radius 2 is 2.09 bits per heavy atom. The van der Waals surface area contributed by atoms with Crippen molar-refractivity contribution >= 4 is 33.5 Å². The molecule has 1 aromatic carbocycles. The van der Waals surface area contributed by atoms with Crippen molar-refractivity contribution in [1.82, 2.24) is 20.1 Å². The van der Waals surface area contributed by atoms with Crippen molar-refractivity contribution in [3.05, 3.63) is 54.4 Å². The highest BCUT2D eigenvalue weighted by Gasteiger charge is 2.22. The van der Waals surface area contributed by atoms with Crippen LogP contribution >= 0.6 is 0 Å². The largest absolute Gasteiger partial charge is 0.480 e. The zero-order valence-corrected chi connectivity index (χ0v) is 18.8. The Kier molecular flexibility index (Phi) is 7.34. The summed E-state index contributed by atoms with van der Waals surface area (Å²) in [6, 6.07) is 1.85. The predicted octanol–water partition coefficient (Wildman–Crippen LogP) is 3.45. The molecule has 0 saturated heterocycles. The van der Waals surface area contributed by atoms with Gasteiger partial charge < -0.3 is 20.5 Å². The van der Waals surface area contributed by atoms with E-state index in [9.17, 15) is 9.18 Å². The number of nitrogen functional groups attached to an aromatic ring is 1. The minimum Gasteiger partial charge on any atom is -0.480 e. The van der Waals surface area contributed by atoms with E-state index in [-0.39, 0.29) is 29.6 Å². The van der Waals surface area contributed by atoms with Crippen molar-refractivity contribution in [1.29, 1.82) is 0 Å². The van der Waals surface area contributed by atoms with Gasteiger partial charge in [0.15, 0.2) is 0 Å². The molecule has 2 aromatic heterocycles. The molecule has 3 rings (SSSR count). The molecule has 0 saturated carbocycles. The van der Waals surface area contributed by atoms with Crippen molar-refractivity contribution in [3.8, 4) is 0 Å². The fourth-order valence-corrected chi connectivity index (χ4v) is 3.20. The smallest absolute Gasteiger partial charge is 0.254 e. The van der Waals surface area contributed by atoms with Crippen LogP contribution in [0, 0.1) is 5.82 Å². The number of aromatic nitrogens is 3. The molecule has 0 unspecified atom stereocenters. The number of nitrogens with one attached hydrogen (secondary N) is 1. The Bertz CT molecular complexity index is 1250. The SMILES string of the molecule is C=C(N=NC(=C)[C@@H](COCCC)NC(=O)c1cc2c(cc1F)nc(N)c1c2cnn1C)OC. The van der Waals surface area contributed by atoms with Crippen LogP contribution in [0.15, 0.2) is 53.3 Å². The Hall–Kier alpha value is -3.86. The number of azo groups is 1. The number of hydrogen-bond acceptors (Lipinski definition) is 8. The van der Waals surface area contributed by atoms with Gasteiger partial charge in [0.2, 0.25) is 5.88 Å². The van der Waals surface area contributed by atoms with E-state index in [4.69, 9.17) is 15.2 Å². The molecule has 0 fully saturated rings. The lowest BCUT2D eigenvalue weighted by atomic mass is 10.1. The van der Waals surface area contributed by atoms with Gasteiger partial charge in [0.1, 0.15) is 17.2 Å². The third kappa shape index (κ3) is 5.14. The number of ether oxygens (including phenoxy) is 2. The third-order valence-electron chi connectivity index (χ3n) is 4.91. The standard InChI is InChI=1S/C22H26FN7O3/c1-6-7-33-11-19(12(2)28-29-13(3)32-5)27-22(31)15-8-14-16-10-25-30(4)20(16)21(24)26-18(14)9-17(15)23/h8-10,19H,2-3,6-7,11H2,1,4-5H3,(H2,24,26)(H,27,31)/t19-/m1/s1. The van der Waals surface area contributed by atoms with Gasteiger partial charge in [-0.15, -0.1) is 5.11 Å². The summed E-state index contributed by atoms with van der Waals surface area (Å²) in [4.78, 5) is 17.3. The summed E-state index contributed by atoms with van der Waals surface area (Å²) in [5, 5.41) is 15.8. The molecule has 174 valence electrons. The number of nitrogens with two attached hydrogens (primary N) is 1. The summed E-state index contributed by atoms with van der Waals surface area (Å²) < 4.78 is 26.8. The van der Waals surface area contributed by atoms with Gasteiger partial charge in [-0.3, -0.25) is 9.48 Å². The van der Waals surface area contributed by atoms with E-state index < -0.39 is 17.8 Å². The lowest BCUT2D eigenvalue weighted by Crippen LogP contribution is -2.39. The minimum absolute atomic E-state index is 0.0727. The Morgan fingerprint density at radius 1 is 1.33 bits per heavy atom. The third-order valence-corrected chi connectivity index (χ3v) is 4.91. The summed E-state index contributed by atoms with van der Waals surface area (Å²) in [5.74, 6) is -1.12. The summed E-state index contributed by atoms with van der Waals surface area (Å²) >= 11 is 0. The van der Waals surface area contributed by atoms with Crippen molar-refractivity contribution in [2.24, 2.45) is 17.3 Å². The number of anilines is 1. The van der Waals surface area contributed by atoms with Crippen LogP contribution in [-0.4, -0.2) is 47.0 Å². The molecule has 0 spiro atoms. The number of methoxy groups -OCH3 is 1. The molecule has 10 nitrogen and oxygen atoms in total. The predicted molar refractivity (Wildman–Crippen MR) is 123 cm³/mol. The number of fused-ring (bicyclic) bond motifs is 3. The molecule has 1 amide bonds. The number of nitrogens with zero attached hydrogens (tertiary/aromatic N) is 5. The normalized spacial score (nSPS) is 12.4. The molecule has 0 aliphatic rings. The van der Waals surface area contributed by atoms with E-state index in [1.165, 1.54) is 19.2 Å². The second-order valence-corrected chi connectivity index (χ2v) is 7.27. The summed E-state index contributed by atoms with van der Waals surface area (Å²) in [7, 11) is 3.13. The quantitative estimate of drug-likeness (QED) is 0.274. The van der Waals surface area contributed by atoms with Crippen molar-refractivity contribution < 1.29 is 18.7 Å². The zero-order chi connectivity index (χ0) is 24.1. The van der Waals surface area contributed by atoms with Crippen molar-refractivity contribution in [3.63, 3.8) is 0 Å². The first-order valence-electron chi connectivity index (χ1n) is 10.2. The first-order valence-corrected chi connectivity index (χ1v) is 10.2. The monoisotopic (exact) mass is 455 g/mol. The molecule has 3 aromatic rings. The number of pyridine rings is 1. The van der Waals surface area contributed by atoms with E-state index in [0.29, 0.717) is 28.4 Å². The number of amides is 1. The molecule has 11 heteroatoms. The number of halogens is 1. The highest BCUT2D eigenvalue weighted by molar-refractivity contribution is 6.10. The number of aryl methyl sites for hydroxylation is 1. The van der Waals surface area contributed by atoms with Crippen LogP contribution in [-0.2, 0) is 16.5 Å². The Morgan fingerprint density at radius 3 is 2.79 bits per heavy atom. The molecular formula is C22H26FN7O3. The van der Waals surface area contributed by atoms with E-state index in [1.54, 1.807) is 17.9 Å². The van der Waals surface area contributed by atoms with Crippen LogP contribution in [0.3, 0.4) is 0 Å². The molecule has 0 aliphatic carbocycles. The zero-order valence-electron chi connectivity index (χ0n) is 18.8. The van der Waals surface area contributed by atoms with Crippen LogP contribution in [0.2, 0.25) is 0 Å². The van der Waals surface area contributed by atoms with E-state index in [0.717, 1.165) is 6.42 Å². The minimum atomic E-state index is -0.754. The van der Waals surface area contributed by atoms with Crippen LogP contribution in [0.25, 0.3) is 21.8 Å². The molecule has 0 radical (unpaired) electrons. The van der Waals surface area contributed by atoms with E-state index in [2.05, 4.69) is 38.8 Å². The number of hydrogen-bond donors (Lipinski definition) is 2. The highest BCUT2D eigenvalue weighted by Crippen LogP contribution is 2.29. The van der Waals surface area contributed by atoms with Gasteiger partial charge in [-0.2, -0.15) is 10.2 Å². The van der Waals surface area contributed by atoms with Gasteiger partial charge in [-0.1, -0.05) is 13.5 Å². The first-order chi connectivity index (χ1) is 15.8. The fourth-order valence-electron chi connectivity index (χ4n) is 3.20. The van der Waals surface area contributed by atoms with E-state index >= 15 is 0 Å². The van der Waals surface area contributed by atoms with E-state index in [1.807, 2.05) is 6.92 Å². The number of carbonyl (C=O) groups excluding carboxylic acids is 1. The van der Waals surface area contributed by atoms with Crippen molar-refractivity contribution in [2.45, 2.75) is 19.4 Å². The number of rotatable bonds is 10. The second-order valence-electron chi connectivity index (χ2n) is 7.27. The lowest BCUT2D eigenvalue weighted by molar-refractivity contribution is 0.0863. The average molecular weight is 455 g/mol. The number of carbonyl (C=O) groups is 1. The molecule has 33 heavy (non-hydrogen) atoms. The fraction of sp³-hybridized carbons (Fsp3) is 0.318. The second kappa shape index (κ2) is 10.2. The van der Waals surface area contributed by atoms with Crippen LogP contribution < -0.4 is 11.1 Å². The van der Waals surface area contributed by atoms with Gasteiger partial charge in [-0.25, -0.2) is 9.37 Å². The molecule has 1 atom stereocenters. The summed E-state index contributed by atoms with van der Waals surface area (Å²) in [5.41, 5.74) is 6.94. The van der Waals surface area contributed by atoms with Crippen LogP contribution in [0.4, 0.5) is 10.2 Å². The summed E-state index contributed by atoms with van der Waals surface area (Å²) in [6.45, 7) is 9.88. The van der Waals surface area contributed by atoms with Gasteiger partial charge in [-0.05, 0) is 19.1 Å². The van der Waals surface area contributed by atoms with Crippen molar-refractivity contribution in [2.75, 3.05) is 26.1 Å². The molecule has 3 N–H and O–H groups in total. The molecule has 0 bridgehead atoms. The maximum absolute atomic E-state index is 14.9. The van der Waals surface area contributed by atoms with Gasteiger partial charge >= 0.3 is 0 Å². The highest BCUT2D eigenvalue weighted by atomic mass is 19.1. The van der Waals surface area contributed by atoms with Gasteiger partial charge in [0.25, 0.3) is 5.91 Å². The molecule has 0 aliphatic heterocycles. The molecule has 2 heterocycles. The topological polar surface area (TPSA) is 129 Å². The Balaban J connectivity index is 1.94. The Labute approximate surface area is 190 Å². The van der Waals surface area contributed by atoms with Crippen LogP contribution in [0.5, 0.6) is 0 Å². The maximum Gasteiger partial charge on any atom is 0.254 e. The maximum atomic E-state index is 14.9. The van der Waals surface area contributed by atoms with Gasteiger partial charge in [0, 0.05) is 30.5 Å². The first kappa shape index (κ1) is 23.8. The average Bonchev–Trinajstić information content (AvgIpc) is 3.18. The summed E-state index contributed by atoms with van der Waals surface area (Å²) in [6.07, 6.45) is 2.38. The van der Waals surface area contributed by atoms with Gasteiger partial charge in [0.05, 0.1) is 42.7 Å². The number of benzene rings is 1. The lowest BCUT2D eigenvalue weighted by Gasteiger charge is -2.18.